The Balaban J connectivity index is 2.77. The van der Waals surface area contributed by atoms with Crippen molar-refractivity contribution >= 4 is 5.91 Å². The number of nitrogens with two attached hydrogens (primary N) is 1. The number of aromatic amines is 1. The monoisotopic (exact) mass is 112 g/mol. The summed E-state index contributed by atoms with van der Waals surface area (Å²) in [6.45, 7) is 0. The van der Waals surface area contributed by atoms with E-state index in [-0.39, 0.29) is 0 Å². The molecule has 0 atom stereocenters. The van der Waals surface area contributed by atoms with Gasteiger partial charge in [-0.05, 0) is 0 Å². The van der Waals surface area contributed by atoms with Crippen molar-refractivity contribution in [2.75, 3.05) is 0 Å². The van der Waals surface area contributed by atoms with Crippen LogP contribution in [0.25, 0.3) is 0 Å². The number of primary amides is 1. The first-order valence-corrected chi connectivity index (χ1v) is 2.05. The fourth-order valence-electron chi connectivity index (χ4n) is 0.380. The predicted molar refractivity (Wildman–Crippen MR) is 27.1 cm³/mol. The minimum absolute atomic E-state index is 0.296. The van der Waals surface area contributed by atoms with Gasteiger partial charge >= 0.3 is 0 Å². The van der Waals surface area contributed by atoms with Crippen LogP contribution in [0.4, 0.5) is 0 Å². The van der Waals surface area contributed by atoms with Crippen molar-refractivity contribution in [2.45, 2.75) is 0 Å². The van der Waals surface area contributed by atoms with Crippen LogP contribution in [0, 0.1) is 0 Å². The highest BCUT2D eigenvalue weighted by atomic mass is 16.1. The molecule has 0 aliphatic heterocycles. The third-order valence-corrected chi connectivity index (χ3v) is 0.743. The number of nitrogens with zero attached hydrogens (tertiary/aromatic N) is 1. The summed E-state index contributed by atoms with van der Waals surface area (Å²) in [6.07, 6.45) is 2.73. The highest BCUT2D eigenvalue weighted by Gasteiger charge is 1.96. The van der Waals surface area contributed by atoms with Gasteiger partial charge in [-0.25, -0.2) is 4.98 Å². The molecule has 0 saturated carbocycles. The standard InChI is InChI=1S/C4H5N3O/c5-4(8)3-1-6-2-7-3/h1-2H,(H2,5,8)(H,6,7)/i/hD. The van der Waals surface area contributed by atoms with Crippen LogP contribution in [-0.4, -0.2) is 15.9 Å². The predicted octanol–water partition coefficient (Wildman–Crippen LogP) is -0.491. The van der Waals surface area contributed by atoms with Gasteiger partial charge in [0.05, 0.1) is 12.5 Å². The second-order valence-corrected chi connectivity index (χ2v) is 1.29. The molecular weight excluding hydrogens is 106 g/mol. The number of rotatable bonds is 1. The Bertz CT molecular complexity index is 196. The summed E-state index contributed by atoms with van der Waals surface area (Å²) in [4.78, 5) is 16.6. The third kappa shape index (κ3) is 0.676. The molecule has 4 nitrogen and oxygen atoms in total. The number of hydrogen-bond donors (Lipinski definition) is 2. The van der Waals surface area contributed by atoms with Crippen LogP contribution in [-0.2, 0) is 0 Å². The lowest BCUT2D eigenvalue weighted by atomic mass is 10.5. The number of aromatic nitrogens is 2. The smallest absolute Gasteiger partial charge is 0.266 e. The molecule has 1 aromatic rings. The van der Waals surface area contributed by atoms with E-state index in [1.54, 1.807) is 5.73 Å². The summed E-state index contributed by atoms with van der Waals surface area (Å²) in [7, 11) is 0. The SMILES string of the molecule is [2H]NC(=O)c1cnc[nH]1. The topological polar surface area (TPSA) is 71.8 Å². The minimum atomic E-state index is -0.479. The average Bonchev–Trinajstić information content (AvgIpc) is 2.37. The molecule has 0 unspecified atom stereocenters. The fraction of sp³-hybridized carbons (Fsp3) is 0. The summed E-state index contributed by atoms with van der Waals surface area (Å²) >= 11 is 0. The molecule has 1 aromatic heterocycles. The first-order chi connectivity index (χ1) is 4.34. The summed E-state index contributed by atoms with van der Waals surface area (Å²) in [6, 6.07) is 0. The molecule has 0 fully saturated rings. The molecular formula is C4H5N3O. The summed E-state index contributed by atoms with van der Waals surface area (Å²) < 4.78 is 6.44. The van der Waals surface area contributed by atoms with Gasteiger partial charge in [-0.15, -0.1) is 0 Å². The fourth-order valence-corrected chi connectivity index (χ4v) is 0.380. The Kier molecular flexibility index (Phi) is 0.754. The maximum absolute atomic E-state index is 10.5. The van der Waals surface area contributed by atoms with Crippen LogP contribution in [0.1, 0.15) is 10.5 Å². The molecule has 8 heavy (non-hydrogen) atoms. The zero-order valence-electron chi connectivity index (χ0n) is 5.01. The molecule has 0 saturated heterocycles. The Morgan fingerprint density at radius 2 is 3.00 bits per heavy atom. The zero-order valence-corrected chi connectivity index (χ0v) is 4.01. The van der Waals surface area contributed by atoms with E-state index in [0.29, 0.717) is 5.69 Å². The van der Waals surface area contributed by atoms with Gasteiger partial charge in [-0.2, -0.15) is 0 Å². The zero-order chi connectivity index (χ0) is 6.69. The minimum Gasteiger partial charge on any atom is -0.364 e. The van der Waals surface area contributed by atoms with Crippen molar-refractivity contribution in [1.29, 1.82) is 0 Å². The van der Waals surface area contributed by atoms with Gasteiger partial charge in [-0.3, -0.25) is 4.79 Å². The Hall–Kier alpha value is -1.32. The van der Waals surface area contributed by atoms with Crippen LogP contribution in [0.2, 0.25) is 1.41 Å². The molecule has 1 rings (SSSR count). The highest BCUT2D eigenvalue weighted by molar-refractivity contribution is 5.90. The van der Waals surface area contributed by atoms with E-state index < -0.39 is 5.91 Å². The lowest BCUT2D eigenvalue weighted by molar-refractivity contribution is 0.0996. The Morgan fingerprint density at radius 3 is 3.50 bits per heavy atom. The van der Waals surface area contributed by atoms with Crippen molar-refractivity contribution in [3.63, 3.8) is 0 Å². The van der Waals surface area contributed by atoms with E-state index in [0.717, 1.165) is 0 Å². The summed E-state index contributed by atoms with van der Waals surface area (Å²) in [5.74, 6) is -0.479. The maximum atomic E-state index is 10.5. The van der Waals surface area contributed by atoms with Gasteiger partial charge in [-0.1, -0.05) is 0 Å². The molecule has 0 spiro atoms. The van der Waals surface area contributed by atoms with Gasteiger partial charge in [0.2, 0.25) is 0 Å². The van der Waals surface area contributed by atoms with E-state index in [9.17, 15) is 4.79 Å². The van der Waals surface area contributed by atoms with Gasteiger partial charge in [0.25, 0.3) is 5.91 Å². The number of carbonyl (C=O) groups is 1. The van der Waals surface area contributed by atoms with Crippen molar-refractivity contribution in [2.24, 2.45) is 5.73 Å². The number of nitrogens with one attached hydrogen (secondary N) is 1. The van der Waals surface area contributed by atoms with Gasteiger partial charge in [0.1, 0.15) is 5.69 Å². The third-order valence-electron chi connectivity index (χ3n) is 0.743. The van der Waals surface area contributed by atoms with Crippen LogP contribution in [0.5, 0.6) is 0 Å². The molecule has 0 aromatic carbocycles. The molecule has 42 valence electrons. The molecule has 0 bridgehead atoms. The van der Waals surface area contributed by atoms with Crippen molar-refractivity contribution in [1.82, 2.24) is 9.97 Å². The molecule has 3 N–H and O–H groups in total. The normalized spacial score (nSPS) is 10.2. The number of hydrogen-bond acceptors (Lipinski definition) is 2. The quantitative estimate of drug-likeness (QED) is 0.514. The molecule has 1 heterocycles. The highest BCUT2D eigenvalue weighted by Crippen LogP contribution is 1.85. The van der Waals surface area contributed by atoms with Crippen LogP contribution < -0.4 is 5.73 Å². The molecule has 1 amide bonds. The molecule has 4 heteroatoms. The van der Waals surface area contributed by atoms with Crippen LogP contribution in [0.15, 0.2) is 12.5 Å². The molecule has 0 radical (unpaired) electrons. The second kappa shape index (κ2) is 1.65. The van der Waals surface area contributed by atoms with E-state index >= 15 is 0 Å². The summed E-state index contributed by atoms with van der Waals surface area (Å²) in [5, 5.41) is 0. The summed E-state index contributed by atoms with van der Waals surface area (Å²) in [5.41, 5.74) is 2.00. The van der Waals surface area contributed by atoms with Gasteiger partial charge in [0.15, 0.2) is 1.41 Å². The number of amides is 1. The van der Waals surface area contributed by atoms with Crippen LogP contribution >= 0.6 is 0 Å². The first-order valence-electron chi connectivity index (χ1n) is 2.55. The van der Waals surface area contributed by atoms with Gasteiger partial charge in [0, 0.05) is 0 Å². The van der Waals surface area contributed by atoms with Crippen molar-refractivity contribution in [3.05, 3.63) is 18.2 Å². The van der Waals surface area contributed by atoms with Gasteiger partial charge < -0.3 is 10.7 Å². The molecule has 0 aliphatic carbocycles. The number of H-pyrrole nitrogens is 1. The van der Waals surface area contributed by atoms with E-state index in [4.69, 9.17) is 1.41 Å². The molecule has 0 aliphatic rings. The number of imidazole rings is 1. The van der Waals surface area contributed by atoms with Crippen molar-refractivity contribution in [3.8, 4) is 0 Å². The largest absolute Gasteiger partial charge is 0.364 e. The van der Waals surface area contributed by atoms with E-state index in [1.165, 1.54) is 12.5 Å². The Morgan fingerprint density at radius 1 is 2.12 bits per heavy atom. The van der Waals surface area contributed by atoms with Crippen LogP contribution in [0.3, 0.4) is 0 Å². The lowest BCUT2D eigenvalue weighted by Gasteiger charge is -1.80. The first kappa shape index (κ1) is 3.65. The second-order valence-electron chi connectivity index (χ2n) is 1.29. The lowest BCUT2D eigenvalue weighted by Crippen LogP contribution is -2.10. The maximum Gasteiger partial charge on any atom is 0.266 e. The Labute approximate surface area is 47.2 Å². The number of carbonyl (C=O) groups excluding carboxylic acids is 1. The van der Waals surface area contributed by atoms with Crippen molar-refractivity contribution < 1.29 is 6.21 Å². The van der Waals surface area contributed by atoms with E-state index in [2.05, 4.69) is 9.97 Å². The average molecular weight is 112 g/mol. The van der Waals surface area contributed by atoms with E-state index in [1.807, 2.05) is 0 Å².